The summed E-state index contributed by atoms with van der Waals surface area (Å²) in [6, 6.07) is 10.3. The fourth-order valence-electron chi connectivity index (χ4n) is 2.79. The molecule has 10 heteroatoms. The van der Waals surface area contributed by atoms with Crippen LogP contribution in [0.1, 0.15) is 40.9 Å². The lowest BCUT2D eigenvalue weighted by molar-refractivity contribution is -0.123. The van der Waals surface area contributed by atoms with Crippen molar-refractivity contribution in [2.24, 2.45) is 0 Å². The summed E-state index contributed by atoms with van der Waals surface area (Å²) in [5, 5.41) is 2.50. The van der Waals surface area contributed by atoms with E-state index in [0.29, 0.717) is 32.8 Å². The number of hydrazine groups is 1. The quantitative estimate of drug-likeness (QED) is 0.243. The Hall–Kier alpha value is -2.20. The molecule has 1 aromatic carbocycles. The first kappa shape index (κ1) is 23.5. The number of nitrogens with one attached hydrogen (secondary N) is 2. The molecule has 2 heterocycles. The van der Waals surface area contributed by atoms with Crippen molar-refractivity contribution in [2.45, 2.75) is 25.7 Å². The van der Waals surface area contributed by atoms with Crippen molar-refractivity contribution in [1.29, 1.82) is 0 Å². The average Bonchev–Trinajstić information content (AvgIpc) is 3.35. The molecule has 1 aromatic heterocycles. The molecular formula is C21H20ClN3O3S3. The molecule has 0 radical (unpaired) electrons. The fraction of sp³-hybridized carbons (Fsp3) is 0.238. The van der Waals surface area contributed by atoms with Crippen molar-refractivity contribution in [2.75, 3.05) is 6.54 Å². The number of thiophene rings is 1. The number of rotatable bonds is 8. The van der Waals surface area contributed by atoms with Crippen molar-refractivity contribution in [3.05, 3.63) is 62.1 Å². The number of carbonyl (C=O) groups is 3. The average molecular weight is 494 g/mol. The third-order valence-corrected chi connectivity index (χ3v) is 6.85. The van der Waals surface area contributed by atoms with Crippen molar-refractivity contribution >= 4 is 75.0 Å². The van der Waals surface area contributed by atoms with Crippen LogP contribution in [-0.2, 0) is 9.59 Å². The third-order valence-electron chi connectivity index (χ3n) is 4.40. The Morgan fingerprint density at radius 1 is 1.10 bits per heavy atom. The molecule has 0 spiro atoms. The molecule has 1 aliphatic heterocycles. The van der Waals surface area contributed by atoms with Crippen molar-refractivity contribution in [3.63, 3.8) is 0 Å². The van der Waals surface area contributed by atoms with Crippen LogP contribution in [0.25, 0.3) is 6.08 Å². The molecular weight excluding hydrogens is 474 g/mol. The molecule has 1 aliphatic rings. The molecule has 31 heavy (non-hydrogen) atoms. The zero-order valence-electron chi connectivity index (χ0n) is 16.4. The standard InChI is InChI=1S/C21H20ClN3O3S3/c22-15-9-7-14(8-10-15)19(27)24-23-18(26)6-2-1-3-11-25-20(28)17(31-21(25)29)13-16-5-4-12-30-16/h4-5,7-10,12-13H,1-3,6,11H2,(H,23,26)(H,24,27). The van der Waals surface area contributed by atoms with Gasteiger partial charge in [0, 0.05) is 28.4 Å². The van der Waals surface area contributed by atoms with Gasteiger partial charge in [-0.05, 0) is 54.6 Å². The second-order valence-corrected chi connectivity index (χ2v) is 9.76. The largest absolute Gasteiger partial charge is 0.293 e. The lowest BCUT2D eigenvalue weighted by Crippen LogP contribution is -2.41. The van der Waals surface area contributed by atoms with Crippen LogP contribution in [-0.4, -0.2) is 33.5 Å². The highest BCUT2D eigenvalue weighted by atomic mass is 35.5. The maximum absolute atomic E-state index is 12.5. The number of halogens is 1. The number of amides is 3. The Labute approximate surface area is 199 Å². The first-order chi connectivity index (χ1) is 14.9. The van der Waals surface area contributed by atoms with Crippen LogP contribution < -0.4 is 10.9 Å². The molecule has 1 fully saturated rings. The maximum atomic E-state index is 12.5. The summed E-state index contributed by atoms with van der Waals surface area (Å²) in [7, 11) is 0. The number of thioether (sulfide) groups is 1. The van der Waals surface area contributed by atoms with E-state index in [2.05, 4.69) is 10.9 Å². The van der Waals surface area contributed by atoms with Crippen LogP contribution >= 0.6 is 46.9 Å². The van der Waals surface area contributed by atoms with E-state index >= 15 is 0 Å². The molecule has 3 rings (SSSR count). The van der Waals surface area contributed by atoms with E-state index in [4.69, 9.17) is 23.8 Å². The Morgan fingerprint density at radius 3 is 2.58 bits per heavy atom. The molecule has 2 aromatic rings. The van der Waals surface area contributed by atoms with Gasteiger partial charge in [0.2, 0.25) is 5.91 Å². The van der Waals surface area contributed by atoms with E-state index < -0.39 is 5.91 Å². The van der Waals surface area contributed by atoms with Gasteiger partial charge in [-0.15, -0.1) is 11.3 Å². The van der Waals surface area contributed by atoms with Gasteiger partial charge in [-0.3, -0.25) is 30.1 Å². The van der Waals surface area contributed by atoms with Crippen LogP contribution in [0.3, 0.4) is 0 Å². The number of hydrogen-bond donors (Lipinski definition) is 2. The highest BCUT2D eigenvalue weighted by Gasteiger charge is 2.31. The summed E-state index contributed by atoms with van der Waals surface area (Å²) in [6.07, 6.45) is 4.29. The van der Waals surface area contributed by atoms with Gasteiger partial charge in [-0.2, -0.15) is 0 Å². The van der Waals surface area contributed by atoms with E-state index in [0.717, 1.165) is 17.7 Å². The molecule has 0 atom stereocenters. The van der Waals surface area contributed by atoms with Gasteiger partial charge in [-0.25, -0.2) is 0 Å². The zero-order valence-corrected chi connectivity index (χ0v) is 19.6. The SMILES string of the molecule is O=C(CCCCCN1C(=O)C(=Cc2cccs2)SC1=S)NNC(=O)c1ccc(Cl)cc1. The molecule has 6 nitrogen and oxygen atoms in total. The first-order valence-electron chi connectivity index (χ1n) is 9.57. The second-order valence-electron chi connectivity index (χ2n) is 6.67. The van der Waals surface area contributed by atoms with E-state index in [9.17, 15) is 14.4 Å². The number of nitrogens with zero attached hydrogens (tertiary/aromatic N) is 1. The van der Waals surface area contributed by atoms with Crippen molar-refractivity contribution < 1.29 is 14.4 Å². The molecule has 0 unspecified atom stereocenters. The number of unbranched alkanes of at least 4 members (excludes halogenated alkanes) is 2. The Balaban J connectivity index is 1.33. The lowest BCUT2D eigenvalue weighted by atomic mass is 10.2. The van der Waals surface area contributed by atoms with Crippen LogP contribution in [0.2, 0.25) is 5.02 Å². The number of thiocarbonyl (C=S) groups is 1. The summed E-state index contributed by atoms with van der Waals surface area (Å²) in [4.78, 5) is 39.7. The van der Waals surface area contributed by atoms with Gasteiger partial charge in [0.05, 0.1) is 4.91 Å². The molecule has 0 aliphatic carbocycles. The zero-order chi connectivity index (χ0) is 22.2. The predicted octanol–water partition coefficient (Wildman–Crippen LogP) is 4.62. The van der Waals surface area contributed by atoms with Gasteiger partial charge < -0.3 is 0 Å². The molecule has 0 saturated carbocycles. The monoisotopic (exact) mass is 493 g/mol. The summed E-state index contributed by atoms with van der Waals surface area (Å²) < 4.78 is 0.565. The van der Waals surface area contributed by atoms with Crippen molar-refractivity contribution in [1.82, 2.24) is 15.8 Å². The Morgan fingerprint density at radius 2 is 1.87 bits per heavy atom. The number of benzene rings is 1. The summed E-state index contributed by atoms with van der Waals surface area (Å²) in [5.74, 6) is -0.743. The summed E-state index contributed by atoms with van der Waals surface area (Å²) >= 11 is 14.0. The molecule has 1 saturated heterocycles. The van der Waals surface area contributed by atoms with Crippen molar-refractivity contribution in [3.8, 4) is 0 Å². The van der Waals surface area contributed by atoms with Crippen LogP contribution in [0, 0.1) is 0 Å². The highest BCUT2D eigenvalue weighted by molar-refractivity contribution is 8.26. The molecule has 0 bridgehead atoms. The summed E-state index contributed by atoms with van der Waals surface area (Å²) in [6.45, 7) is 0.529. The topological polar surface area (TPSA) is 78.5 Å². The minimum atomic E-state index is -0.407. The van der Waals surface area contributed by atoms with E-state index in [1.165, 1.54) is 11.8 Å². The molecule has 162 valence electrons. The minimum Gasteiger partial charge on any atom is -0.293 e. The normalized spacial score (nSPS) is 14.9. The first-order valence-corrected chi connectivity index (χ1v) is 12.1. The number of hydrogen-bond acceptors (Lipinski definition) is 6. The predicted molar refractivity (Wildman–Crippen MR) is 130 cm³/mol. The highest BCUT2D eigenvalue weighted by Crippen LogP contribution is 2.33. The molecule has 2 N–H and O–H groups in total. The Kier molecular flexibility index (Phi) is 8.65. The van der Waals surface area contributed by atoms with E-state index in [1.54, 1.807) is 40.5 Å². The van der Waals surface area contributed by atoms with Gasteiger partial charge in [-0.1, -0.05) is 48.1 Å². The third kappa shape index (κ3) is 6.90. The van der Waals surface area contributed by atoms with Crippen LogP contribution in [0.4, 0.5) is 0 Å². The number of carbonyl (C=O) groups excluding carboxylic acids is 3. The maximum Gasteiger partial charge on any atom is 0.269 e. The summed E-state index contributed by atoms with van der Waals surface area (Å²) in [5.41, 5.74) is 5.18. The minimum absolute atomic E-state index is 0.0638. The Bertz CT molecular complexity index is 991. The molecule has 3 amide bonds. The smallest absolute Gasteiger partial charge is 0.269 e. The van der Waals surface area contributed by atoms with Gasteiger partial charge in [0.25, 0.3) is 11.8 Å². The van der Waals surface area contributed by atoms with Gasteiger partial charge in [0.1, 0.15) is 4.32 Å². The lowest BCUT2D eigenvalue weighted by Gasteiger charge is -2.14. The second kappa shape index (κ2) is 11.4. The van der Waals surface area contributed by atoms with Crippen LogP contribution in [0.15, 0.2) is 46.7 Å². The van der Waals surface area contributed by atoms with E-state index in [-0.39, 0.29) is 18.2 Å². The van der Waals surface area contributed by atoms with E-state index in [1.807, 2.05) is 23.6 Å². The van der Waals surface area contributed by atoms with Gasteiger partial charge in [0.15, 0.2) is 0 Å². The fourth-order valence-corrected chi connectivity index (χ4v) is 4.95. The van der Waals surface area contributed by atoms with Crippen LogP contribution in [0.5, 0.6) is 0 Å². The van der Waals surface area contributed by atoms with Gasteiger partial charge >= 0.3 is 0 Å².